The maximum Gasteiger partial charge on any atom is 0.0249 e. The summed E-state index contributed by atoms with van der Waals surface area (Å²) in [7, 11) is 0. The third kappa shape index (κ3) is 3.60. The molecule has 126 valence electrons. The summed E-state index contributed by atoms with van der Waals surface area (Å²) < 4.78 is 0. The molecule has 1 atom stereocenters. The zero-order valence-corrected chi connectivity index (χ0v) is 16.4. The van der Waals surface area contributed by atoms with Crippen molar-refractivity contribution in [2.24, 2.45) is 5.92 Å². The SMILES string of the molecule is CSc1ccc(C#Cc2ccc(C3=C(C)C(C)C(C)=C3C)cc2)cc1. The summed E-state index contributed by atoms with van der Waals surface area (Å²) in [6.45, 7) is 9.04. The van der Waals surface area contributed by atoms with Gasteiger partial charge in [0.25, 0.3) is 0 Å². The van der Waals surface area contributed by atoms with Gasteiger partial charge in [-0.05, 0) is 86.1 Å². The summed E-state index contributed by atoms with van der Waals surface area (Å²) in [6, 6.07) is 17.1. The third-order valence-corrected chi connectivity index (χ3v) is 6.02. The van der Waals surface area contributed by atoms with Crippen LogP contribution in [0.1, 0.15) is 44.4 Å². The van der Waals surface area contributed by atoms with Gasteiger partial charge in [-0.2, -0.15) is 0 Å². The Balaban J connectivity index is 1.83. The van der Waals surface area contributed by atoms with E-state index >= 15 is 0 Å². The average molecular weight is 345 g/mol. The maximum atomic E-state index is 3.27. The standard InChI is InChI=1S/C24H24S/c1-16-17(2)19(4)24(18(16)3)22-12-8-20(9-13-22)6-7-21-10-14-23(25-5)15-11-21/h8-16H,1-5H3. The molecule has 1 aliphatic rings. The van der Waals surface area contributed by atoms with Crippen LogP contribution in [0.15, 0.2) is 70.1 Å². The van der Waals surface area contributed by atoms with E-state index in [2.05, 4.69) is 94.3 Å². The van der Waals surface area contributed by atoms with Gasteiger partial charge in [-0.15, -0.1) is 11.8 Å². The summed E-state index contributed by atoms with van der Waals surface area (Å²) in [5.41, 5.74) is 9.22. The third-order valence-electron chi connectivity index (χ3n) is 5.27. The highest BCUT2D eigenvalue weighted by molar-refractivity contribution is 7.98. The van der Waals surface area contributed by atoms with E-state index in [0.29, 0.717) is 5.92 Å². The molecule has 0 amide bonds. The van der Waals surface area contributed by atoms with E-state index in [-0.39, 0.29) is 0 Å². The van der Waals surface area contributed by atoms with E-state index in [1.165, 1.54) is 32.8 Å². The lowest BCUT2D eigenvalue weighted by atomic mass is 9.96. The molecule has 0 bridgehead atoms. The molecular weight excluding hydrogens is 320 g/mol. The molecule has 1 heteroatoms. The lowest BCUT2D eigenvalue weighted by molar-refractivity contribution is 0.818. The molecule has 25 heavy (non-hydrogen) atoms. The average Bonchev–Trinajstić information content (AvgIpc) is 2.84. The van der Waals surface area contributed by atoms with E-state index in [4.69, 9.17) is 0 Å². The predicted octanol–water partition coefficient (Wildman–Crippen LogP) is 6.57. The van der Waals surface area contributed by atoms with Crippen molar-refractivity contribution in [3.05, 3.63) is 81.9 Å². The number of rotatable bonds is 2. The van der Waals surface area contributed by atoms with Crippen LogP contribution < -0.4 is 0 Å². The van der Waals surface area contributed by atoms with Gasteiger partial charge in [-0.25, -0.2) is 0 Å². The van der Waals surface area contributed by atoms with Gasteiger partial charge in [0.1, 0.15) is 0 Å². The van der Waals surface area contributed by atoms with Gasteiger partial charge in [-0.3, -0.25) is 0 Å². The van der Waals surface area contributed by atoms with Gasteiger partial charge in [0, 0.05) is 16.0 Å². The van der Waals surface area contributed by atoms with Crippen molar-refractivity contribution in [3.63, 3.8) is 0 Å². The summed E-state index contributed by atoms with van der Waals surface area (Å²) in [5, 5.41) is 0. The normalized spacial score (nSPS) is 16.9. The number of benzene rings is 2. The molecule has 0 N–H and O–H groups in total. The van der Waals surface area contributed by atoms with Gasteiger partial charge < -0.3 is 0 Å². The lowest BCUT2D eigenvalue weighted by Crippen LogP contribution is -1.92. The Labute approximate surface area is 156 Å². The van der Waals surface area contributed by atoms with Crippen LogP contribution in [-0.4, -0.2) is 6.26 Å². The largest absolute Gasteiger partial charge is 0.130 e. The van der Waals surface area contributed by atoms with E-state index in [1.54, 1.807) is 11.8 Å². The fourth-order valence-electron chi connectivity index (χ4n) is 3.34. The van der Waals surface area contributed by atoms with Crippen molar-refractivity contribution in [2.45, 2.75) is 32.6 Å². The van der Waals surface area contributed by atoms with E-state index in [0.717, 1.165) is 11.1 Å². The summed E-state index contributed by atoms with van der Waals surface area (Å²) in [4.78, 5) is 1.27. The van der Waals surface area contributed by atoms with Crippen LogP contribution in [0.2, 0.25) is 0 Å². The van der Waals surface area contributed by atoms with E-state index < -0.39 is 0 Å². The first-order chi connectivity index (χ1) is 12.0. The number of allylic oxidation sites excluding steroid dienone is 4. The highest BCUT2D eigenvalue weighted by Crippen LogP contribution is 2.41. The van der Waals surface area contributed by atoms with Crippen LogP contribution in [0.3, 0.4) is 0 Å². The number of hydrogen-bond acceptors (Lipinski definition) is 1. The minimum Gasteiger partial charge on any atom is -0.130 e. The van der Waals surface area contributed by atoms with Crippen molar-refractivity contribution in [1.82, 2.24) is 0 Å². The fraction of sp³-hybridized carbons (Fsp3) is 0.250. The minimum absolute atomic E-state index is 0.554. The van der Waals surface area contributed by atoms with Crippen LogP contribution in [0.25, 0.3) is 5.57 Å². The molecule has 0 aromatic heterocycles. The molecule has 0 saturated carbocycles. The predicted molar refractivity (Wildman–Crippen MR) is 111 cm³/mol. The highest BCUT2D eigenvalue weighted by Gasteiger charge is 2.23. The lowest BCUT2D eigenvalue weighted by Gasteiger charge is -2.08. The van der Waals surface area contributed by atoms with Crippen LogP contribution >= 0.6 is 11.8 Å². The minimum atomic E-state index is 0.554. The second-order valence-electron chi connectivity index (χ2n) is 6.64. The smallest absolute Gasteiger partial charge is 0.0249 e. The van der Waals surface area contributed by atoms with Crippen molar-refractivity contribution >= 4 is 17.3 Å². The Morgan fingerprint density at radius 1 is 0.760 bits per heavy atom. The van der Waals surface area contributed by atoms with Crippen molar-refractivity contribution in [3.8, 4) is 11.8 Å². The summed E-state index contributed by atoms with van der Waals surface area (Å²) in [6.07, 6.45) is 2.09. The Morgan fingerprint density at radius 3 is 1.72 bits per heavy atom. The van der Waals surface area contributed by atoms with Gasteiger partial charge in [-0.1, -0.05) is 42.0 Å². The first kappa shape index (κ1) is 17.6. The number of thioether (sulfide) groups is 1. The van der Waals surface area contributed by atoms with E-state index in [1.807, 2.05) is 0 Å². The molecule has 0 nitrogen and oxygen atoms in total. The van der Waals surface area contributed by atoms with Crippen molar-refractivity contribution in [1.29, 1.82) is 0 Å². The Hall–Kier alpha value is -2.17. The van der Waals surface area contributed by atoms with Crippen LogP contribution in [-0.2, 0) is 0 Å². The zero-order valence-electron chi connectivity index (χ0n) is 15.6. The molecule has 0 saturated heterocycles. The summed E-state index contributed by atoms with van der Waals surface area (Å²) >= 11 is 1.75. The van der Waals surface area contributed by atoms with Gasteiger partial charge in [0.2, 0.25) is 0 Å². The summed E-state index contributed by atoms with van der Waals surface area (Å²) in [5.74, 6) is 7.08. The molecule has 0 heterocycles. The van der Waals surface area contributed by atoms with E-state index in [9.17, 15) is 0 Å². The van der Waals surface area contributed by atoms with Gasteiger partial charge in [0.15, 0.2) is 0 Å². The zero-order chi connectivity index (χ0) is 18.0. The Morgan fingerprint density at radius 2 is 1.28 bits per heavy atom. The monoisotopic (exact) mass is 344 g/mol. The molecule has 0 aliphatic heterocycles. The maximum absolute atomic E-state index is 3.27. The van der Waals surface area contributed by atoms with Gasteiger partial charge in [0.05, 0.1) is 0 Å². The topological polar surface area (TPSA) is 0 Å². The van der Waals surface area contributed by atoms with Crippen molar-refractivity contribution in [2.75, 3.05) is 6.26 Å². The van der Waals surface area contributed by atoms with Crippen LogP contribution in [0.5, 0.6) is 0 Å². The molecular formula is C24H24S. The first-order valence-corrected chi connectivity index (χ1v) is 9.88. The second kappa shape index (κ2) is 7.38. The molecule has 1 unspecified atom stereocenters. The quantitative estimate of drug-likeness (QED) is 0.438. The highest BCUT2D eigenvalue weighted by atomic mass is 32.2. The second-order valence-corrected chi connectivity index (χ2v) is 7.52. The van der Waals surface area contributed by atoms with Crippen LogP contribution in [0, 0.1) is 17.8 Å². The number of hydrogen-bond donors (Lipinski definition) is 0. The Bertz CT molecular complexity index is 897. The molecule has 1 aliphatic carbocycles. The molecule has 0 spiro atoms. The first-order valence-electron chi connectivity index (χ1n) is 8.66. The van der Waals surface area contributed by atoms with Crippen molar-refractivity contribution < 1.29 is 0 Å². The molecule has 3 rings (SSSR count). The molecule has 2 aromatic rings. The van der Waals surface area contributed by atoms with Gasteiger partial charge >= 0.3 is 0 Å². The molecule has 0 radical (unpaired) electrons. The Kier molecular flexibility index (Phi) is 5.21. The van der Waals surface area contributed by atoms with Crippen LogP contribution in [0.4, 0.5) is 0 Å². The molecule has 2 aromatic carbocycles. The molecule has 0 fully saturated rings. The fourth-order valence-corrected chi connectivity index (χ4v) is 3.75.